The Bertz CT molecular complexity index is 227. The summed E-state index contributed by atoms with van der Waals surface area (Å²) in [6, 6.07) is 0. The van der Waals surface area contributed by atoms with Crippen molar-refractivity contribution < 1.29 is 14.6 Å². The van der Waals surface area contributed by atoms with Crippen LogP contribution in [0.4, 0.5) is 0 Å². The van der Waals surface area contributed by atoms with Gasteiger partial charge in [0.25, 0.3) is 0 Å². The molecule has 0 aromatic rings. The normalized spacial score (nSPS) is 34.9. The number of hydrogen-bond acceptors (Lipinski definition) is 3. The molecule has 2 unspecified atom stereocenters. The summed E-state index contributed by atoms with van der Waals surface area (Å²) in [5.74, 6) is -0.241. The van der Waals surface area contributed by atoms with Gasteiger partial charge in [0.2, 0.25) is 0 Å². The van der Waals surface area contributed by atoms with Crippen LogP contribution in [0.1, 0.15) is 47.0 Å². The Morgan fingerprint density at radius 3 is 2.47 bits per heavy atom. The quantitative estimate of drug-likeness (QED) is 0.716. The van der Waals surface area contributed by atoms with E-state index in [2.05, 4.69) is 13.8 Å². The molecule has 1 N–H and O–H groups in total. The molecule has 0 bridgehead atoms. The van der Waals surface area contributed by atoms with Crippen molar-refractivity contribution in [3.8, 4) is 0 Å². The molecule has 1 fully saturated rings. The second-order valence-corrected chi connectivity index (χ2v) is 5.55. The fourth-order valence-corrected chi connectivity index (χ4v) is 2.70. The number of ether oxygens (including phenoxy) is 1. The van der Waals surface area contributed by atoms with Crippen LogP contribution in [0.5, 0.6) is 0 Å². The molecule has 0 heterocycles. The topological polar surface area (TPSA) is 46.5 Å². The van der Waals surface area contributed by atoms with Crippen LogP contribution < -0.4 is 0 Å². The molecule has 3 nitrogen and oxygen atoms in total. The standard InChI is InChI=1S/C12H22O3/c1-9(13)15-8-10-11(2,3)6-5-7-12(10,4)14/h10,14H,5-8H2,1-4H3. The van der Waals surface area contributed by atoms with Gasteiger partial charge in [-0.15, -0.1) is 0 Å². The van der Waals surface area contributed by atoms with Crippen LogP contribution in [0.15, 0.2) is 0 Å². The highest BCUT2D eigenvalue weighted by Crippen LogP contribution is 2.46. The molecule has 1 saturated carbocycles. The van der Waals surface area contributed by atoms with Gasteiger partial charge in [0, 0.05) is 12.8 Å². The molecule has 2 atom stereocenters. The van der Waals surface area contributed by atoms with E-state index in [9.17, 15) is 9.90 Å². The van der Waals surface area contributed by atoms with Crippen molar-refractivity contribution in [3.63, 3.8) is 0 Å². The molecule has 0 radical (unpaired) electrons. The van der Waals surface area contributed by atoms with Crippen molar-refractivity contribution in [1.82, 2.24) is 0 Å². The summed E-state index contributed by atoms with van der Waals surface area (Å²) < 4.78 is 5.05. The van der Waals surface area contributed by atoms with Gasteiger partial charge in [-0.2, -0.15) is 0 Å². The average Bonchev–Trinajstić information content (AvgIpc) is 1.99. The van der Waals surface area contributed by atoms with Crippen molar-refractivity contribution in [2.45, 2.75) is 52.6 Å². The highest BCUT2D eigenvalue weighted by Gasteiger charge is 2.45. The minimum atomic E-state index is -0.711. The number of carbonyl (C=O) groups is 1. The molecule has 3 heteroatoms. The van der Waals surface area contributed by atoms with Crippen LogP contribution in [-0.4, -0.2) is 23.3 Å². The van der Waals surface area contributed by atoms with E-state index < -0.39 is 5.60 Å². The Morgan fingerprint density at radius 2 is 2.00 bits per heavy atom. The summed E-state index contributed by atoms with van der Waals surface area (Å²) in [5, 5.41) is 10.3. The fraction of sp³-hybridized carbons (Fsp3) is 0.917. The van der Waals surface area contributed by atoms with Crippen LogP contribution in [0.25, 0.3) is 0 Å². The average molecular weight is 214 g/mol. The van der Waals surface area contributed by atoms with Gasteiger partial charge < -0.3 is 9.84 Å². The first-order valence-electron chi connectivity index (χ1n) is 5.61. The lowest BCUT2D eigenvalue weighted by atomic mass is 9.62. The molecule has 0 amide bonds. The van der Waals surface area contributed by atoms with Crippen molar-refractivity contribution in [1.29, 1.82) is 0 Å². The van der Waals surface area contributed by atoms with Crippen molar-refractivity contribution in [2.24, 2.45) is 11.3 Å². The summed E-state index contributed by atoms with van der Waals surface area (Å²) in [6.45, 7) is 7.85. The maximum absolute atomic E-state index is 10.8. The lowest BCUT2D eigenvalue weighted by molar-refractivity contribution is -0.154. The second-order valence-electron chi connectivity index (χ2n) is 5.55. The maximum atomic E-state index is 10.8. The van der Waals surface area contributed by atoms with Crippen LogP contribution in [0.3, 0.4) is 0 Å². The van der Waals surface area contributed by atoms with Gasteiger partial charge in [-0.25, -0.2) is 0 Å². The van der Waals surface area contributed by atoms with Gasteiger partial charge >= 0.3 is 5.97 Å². The lowest BCUT2D eigenvalue weighted by Gasteiger charge is -2.47. The summed E-state index contributed by atoms with van der Waals surface area (Å²) >= 11 is 0. The molecule has 1 rings (SSSR count). The number of rotatable bonds is 2. The van der Waals surface area contributed by atoms with Gasteiger partial charge in [0.1, 0.15) is 0 Å². The van der Waals surface area contributed by atoms with E-state index in [4.69, 9.17) is 4.74 Å². The van der Waals surface area contributed by atoms with E-state index in [0.29, 0.717) is 6.61 Å². The Balaban J connectivity index is 2.72. The number of hydrogen-bond donors (Lipinski definition) is 1. The first-order valence-corrected chi connectivity index (χ1v) is 5.61. The first kappa shape index (κ1) is 12.5. The number of esters is 1. The molecule has 0 aromatic carbocycles. The highest BCUT2D eigenvalue weighted by molar-refractivity contribution is 5.65. The van der Waals surface area contributed by atoms with E-state index in [-0.39, 0.29) is 17.3 Å². The van der Waals surface area contributed by atoms with Crippen molar-refractivity contribution in [3.05, 3.63) is 0 Å². The predicted octanol–water partition coefficient (Wildman–Crippen LogP) is 2.13. The molecule has 0 saturated heterocycles. The Labute approximate surface area is 91.8 Å². The lowest BCUT2D eigenvalue weighted by Crippen LogP contribution is -2.49. The molecule has 0 aliphatic heterocycles. The van der Waals surface area contributed by atoms with Gasteiger partial charge in [-0.1, -0.05) is 20.3 Å². The third-order valence-corrected chi connectivity index (χ3v) is 3.65. The zero-order chi connectivity index (χ0) is 11.7. The van der Waals surface area contributed by atoms with E-state index in [1.54, 1.807) is 0 Å². The SMILES string of the molecule is CC(=O)OCC1C(C)(C)CCCC1(C)O. The molecule has 15 heavy (non-hydrogen) atoms. The fourth-order valence-electron chi connectivity index (χ4n) is 2.70. The van der Waals surface area contributed by atoms with Crippen LogP contribution >= 0.6 is 0 Å². The van der Waals surface area contributed by atoms with Gasteiger partial charge in [-0.05, 0) is 25.2 Å². The number of carbonyl (C=O) groups excluding carboxylic acids is 1. The molecule has 0 spiro atoms. The third-order valence-electron chi connectivity index (χ3n) is 3.65. The third kappa shape index (κ3) is 2.94. The maximum Gasteiger partial charge on any atom is 0.302 e. The summed E-state index contributed by atoms with van der Waals surface area (Å²) in [4.78, 5) is 10.8. The molecule has 88 valence electrons. The highest BCUT2D eigenvalue weighted by atomic mass is 16.5. The monoisotopic (exact) mass is 214 g/mol. The van der Waals surface area contributed by atoms with Gasteiger partial charge in [0.05, 0.1) is 12.2 Å². The summed E-state index contributed by atoms with van der Waals surface area (Å²) in [7, 11) is 0. The molecule has 0 aromatic heterocycles. The minimum absolute atomic E-state index is 0.0302. The summed E-state index contributed by atoms with van der Waals surface area (Å²) in [5.41, 5.74) is -0.672. The van der Waals surface area contributed by atoms with E-state index in [1.165, 1.54) is 6.92 Å². The zero-order valence-corrected chi connectivity index (χ0v) is 10.2. The van der Waals surface area contributed by atoms with E-state index >= 15 is 0 Å². The Hall–Kier alpha value is -0.570. The van der Waals surface area contributed by atoms with Crippen molar-refractivity contribution in [2.75, 3.05) is 6.61 Å². The van der Waals surface area contributed by atoms with Crippen LogP contribution in [0, 0.1) is 11.3 Å². The first-order chi connectivity index (χ1) is 6.76. The predicted molar refractivity (Wildman–Crippen MR) is 58.4 cm³/mol. The Morgan fingerprint density at radius 1 is 1.40 bits per heavy atom. The number of aliphatic hydroxyl groups is 1. The smallest absolute Gasteiger partial charge is 0.302 e. The van der Waals surface area contributed by atoms with Gasteiger partial charge in [-0.3, -0.25) is 4.79 Å². The molecule has 1 aliphatic rings. The molecule has 1 aliphatic carbocycles. The van der Waals surface area contributed by atoms with E-state index in [1.807, 2.05) is 6.92 Å². The minimum Gasteiger partial charge on any atom is -0.465 e. The zero-order valence-electron chi connectivity index (χ0n) is 10.2. The van der Waals surface area contributed by atoms with Crippen LogP contribution in [-0.2, 0) is 9.53 Å². The van der Waals surface area contributed by atoms with Gasteiger partial charge in [0.15, 0.2) is 0 Å². The molecular weight excluding hydrogens is 192 g/mol. The largest absolute Gasteiger partial charge is 0.465 e. The summed E-state index contributed by atoms with van der Waals surface area (Å²) in [6.07, 6.45) is 2.91. The molecular formula is C12H22O3. The Kier molecular flexibility index (Phi) is 3.44. The van der Waals surface area contributed by atoms with Crippen molar-refractivity contribution >= 4 is 5.97 Å². The van der Waals surface area contributed by atoms with E-state index in [0.717, 1.165) is 19.3 Å². The van der Waals surface area contributed by atoms with Crippen LogP contribution in [0.2, 0.25) is 0 Å². The second kappa shape index (κ2) is 4.12.